The fraction of sp³-hybridized carbons (Fsp3) is 0.417. The van der Waals surface area contributed by atoms with E-state index < -0.39 is 0 Å². The van der Waals surface area contributed by atoms with Gasteiger partial charge in [0.15, 0.2) is 0 Å². The summed E-state index contributed by atoms with van der Waals surface area (Å²) in [6.07, 6.45) is 0. The van der Waals surface area contributed by atoms with Gasteiger partial charge in [-0.15, -0.1) is 0 Å². The zero-order chi connectivity index (χ0) is 12.1. The average Bonchev–Trinajstić information content (AvgIpc) is 2.21. The third-order valence-electron chi connectivity index (χ3n) is 2.16. The van der Waals surface area contributed by atoms with E-state index >= 15 is 0 Å². The van der Waals surface area contributed by atoms with E-state index in [4.69, 9.17) is 4.74 Å². The van der Waals surface area contributed by atoms with Crippen LogP contribution in [0.15, 0.2) is 17.0 Å². The molecule has 1 aromatic rings. The summed E-state index contributed by atoms with van der Waals surface area (Å²) < 4.78 is 8.24. The molecular formula is C12H17NO2S. The first-order valence-electron chi connectivity index (χ1n) is 5.09. The van der Waals surface area contributed by atoms with E-state index in [9.17, 15) is 4.79 Å². The summed E-state index contributed by atoms with van der Waals surface area (Å²) in [6.45, 7) is 6.03. The average molecular weight is 239 g/mol. The number of carbonyl (C=O) groups excluding carboxylic acids is 1. The molecule has 0 saturated carbocycles. The quantitative estimate of drug-likeness (QED) is 0.801. The van der Waals surface area contributed by atoms with Gasteiger partial charge in [0.1, 0.15) is 11.5 Å². The minimum absolute atomic E-state index is 0.135. The second-order valence-corrected chi connectivity index (χ2v) is 4.62. The number of methoxy groups -OCH3 is 1. The van der Waals surface area contributed by atoms with Gasteiger partial charge < -0.3 is 4.74 Å². The van der Waals surface area contributed by atoms with E-state index in [1.807, 2.05) is 26.0 Å². The Morgan fingerprint density at radius 2 is 1.94 bits per heavy atom. The molecule has 0 unspecified atom stereocenters. The van der Waals surface area contributed by atoms with Gasteiger partial charge in [0, 0.05) is 4.90 Å². The standard InChI is InChI=1S/C12H17NO2S/c1-8-5-11(15-4)6-9(2)12(8)16-13-7-10(3)14/h5-6,13H,7H2,1-4H3. The normalized spacial score (nSPS) is 10.2. The first-order chi connectivity index (χ1) is 7.54. The van der Waals surface area contributed by atoms with Gasteiger partial charge in [0.05, 0.1) is 13.7 Å². The number of ether oxygens (including phenoxy) is 1. The SMILES string of the molecule is COc1cc(C)c(SNCC(C)=O)c(C)c1. The second kappa shape index (κ2) is 5.92. The predicted molar refractivity (Wildman–Crippen MR) is 67.0 cm³/mol. The Morgan fingerprint density at radius 1 is 1.38 bits per heavy atom. The largest absolute Gasteiger partial charge is 0.497 e. The molecule has 3 nitrogen and oxygen atoms in total. The van der Waals surface area contributed by atoms with E-state index in [-0.39, 0.29) is 5.78 Å². The van der Waals surface area contributed by atoms with Crippen molar-refractivity contribution in [1.29, 1.82) is 0 Å². The molecule has 0 heterocycles. The first-order valence-corrected chi connectivity index (χ1v) is 5.90. The number of nitrogens with one attached hydrogen (secondary N) is 1. The van der Waals surface area contributed by atoms with Gasteiger partial charge in [0.2, 0.25) is 0 Å². The van der Waals surface area contributed by atoms with Crippen LogP contribution >= 0.6 is 11.9 Å². The van der Waals surface area contributed by atoms with Gasteiger partial charge in [-0.2, -0.15) is 0 Å². The topological polar surface area (TPSA) is 38.3 Å². The van der Waals surface area contributed by atoms with E-state index in [2.05, 4.69) is 4.72 Å². The van der Waals surface area contributed by atoms with Crippen molar-refractivity contribution in [3.05, 3.63) is 23.3 Å². The summed E-state index contributed by atoms with van der Waals surface area (Å²) in [5, 5.41) is 0. The molecule has 0 aliphatic rings. The first kappa shape index (κ1) is 13.1. The van der Waals surface area contributed by atoms with Crippen molar-refractivity contribution in [3.63, 3.8) is 0 Å². The highest BCUT2D eigenvalue weighted by molar-refractivity contribution is 7.97. The number of hydrogen-bond donors (Lipinski definition) is 1. The van der Waals surface area contributed by atoms with Crippen LogP contribution in [0.25, 0.3) is 0 Å². The van der Waals surface area contributed by atoms with Gasteiger partial charge in [-0.3, -0.25) is 9.52 Å². The van der Waals surface area contributed by atoms with Crippen LogP contribution < -0.4 is 9.46 Å². The minimum Gasteiger partial charge on any atom is -0.497 e. The maximum absolute atomic E-state index is 10.8. The van der Waals surface area contributed by atoms with Crippen LogP contribution in [-0.2, 0) is 4.79 Å². The zero-order valence-corrected chi connectivity index (χ0v) is 10.9. The van der Waals surface area contributed by atoms with Gasteiger partial charge in [-0.1, -0.05) is 0 Å². The second-order valence-electron chi connectivity index (χ2n) is 3.72. The van der Waals surface area contributed by atoms with Gasteiger partial charge in [-0.05, 0) is 56.0 Å². The molecule has 0 radical (unpaired) electrons. The summed E-state index contributed by atoms with van der Waals surface area (Å²) in [5.74, 6) is 1.00. The number of carbonyl (C=O) groups is 1. The molecule has 0 saturated heterocycles. The van der Waals surface area contributed by atoms with Crippen molar-refractivity contribution in [1.82, 2.24) is 4.72 Å². The molecule has 16 heavy (non-hydrogen) atoms. The van der Waals surface area contributed by atoms with Gasteiger partial charge in [0.25, 0.3) is 0 Å². The van der Waals surface area contributed by atoms with Crippen LogP contribution in [0.5, 0.6) is 5.75 Å². The highest BCUT2D eigenvalue weighted by Gasteiger charge is 2.06. The molecule has 0 spiro atoms. The molecule has 1 aromatic carbocycles. The Labute approximate surface area is 101 Å². The van der Waals surface area contributed by atoms with Crippen LogP contribution in [0.2, 0.25) is 0 Å². The monoisotopic (exact) mass is 239 g/mol. The van der Waals surface area contributed by atoms with E-state index in [1.165, 1.54) is 11.9 Å². The maximum atomic E-state index is 10.8. The lowest BCUT2D eigenvalue weighted by atomic mass is 10.1. The summed E-state index contributed by atoms with van der Waals surface area (Å²) >= 11 is 1.49. The fourth-order valence-corrected chi connectivity index (χ4v) is 2.26. The molecule has 0 aliphatic heterocycles. The molecule has 0 bridgehead atoms. The van der Waals surface area contributed by atoms with Crippen LogP contribution in [0, 0.1) is 13.8 Å². The molecule has 1 N–H and O–H groups in total. The number of rotatable bonds is 5. The van der Waals surface area contributed by atoms with Crippen molar-refractivity contribution in [2.45, 2.75) is 25.7 Å². The molecule has 0 aliphatic carbocycles. The predicted octanol–water partition coefficient (Wildman–Crippen LogP) is 2.50. The molecule has 4 heteroatoms. The minimum atomic E-state index is 0.135. The van der Waals surface area contributed by atoms with E-state index in [0.29, 0.717) is 6.54 Å². The molecule has 88 valence electrons. The molecule has 0 amide bonds. The van der Waals surface area contributed by atoms with Crippen LogP contribution in [-0.4, -0.2) is 19.4 Å². The third-order valence-corrected chi connectivity index (χ3v) is 3.30. The van der Waals surface area contributed by atoms with Gasteiger partial charge in [-0.25, -0.2) is 0 Å². The number of benzene rings is 1. The smallest absolute Gasteiger partial charge is 0.144 e. The van der Waals surface area contributed by atoms with Crippen molar-refractivity contribution in [2.75, 3.05) is 13.7 Å². The highest BCUT2D eigenvalue weighted by atomic mass is 32.2. The lowest BCUT2D eigenvalue weighted by Crippen LogP contribution is -2.13. The molecule has 0 aromatic heterocycles. The van der Waals surface area contributed by atoms with Crippen LogP contribution in [0.3, 0.4) is 0 Å². The Balaban J connectivity index is 2.76. The zero-order valence-electron chi connectivity index (χ0n) is 10.1. The molecule has 1 rings (SSSR count). The summed E-state index contributed by atoms with van der Waals surface area (Å²) in [5.41, 5.74) is 2.30. The molecule has 0 atom stereocenters. The van der Waals surface area contributed by atoms with E-state index in [0.717, 1.165) is 21.8 Å². The Kier molecular flexibility index (Phi) is 4.83. The summed E-state index contributed by atoms with van der Waals surface area (Å²) in [4.78, 5) is 12.0. The number of Topliss-reactive ketones (excluding diaryl/α,β-unsaturated/α-hetero) is 1. The fourth-order valence-electron chi connectivity index (χ4n) is 1.40. The highest BCUT2D eigenvalue weighted by Crippen LogP contribution is 2.28. The lowest BCUT2D eigenvalue weighted by Gasteiger charge is -2.11. The number of ketones is 1. The Hall–Kier alpha value is -1.00. The van der Waals surface area contributed by atoms with Crippen molar-refractivity contribution in [2.24, 2.45) is 0 Å². The van der Waals surface area contributed by atoms with Crippen molar-refractivity contribution in [3.8, 4) is 5.75 Å². The van der Waals surface area contributed by atoms with Crippen LogP contribution in [0.4, 0.5) is 0 Å². The maximum Gasteiger partial charge on any atom is 0.144 e. The third kappa shape index (κ3) is 3.54. The van der Waals surface area contributed by atoms with Crippen molar-refractivity contribution >= 4 is 17.7 Å². The summed E-state index contributed by atoms with van der Waals surface area (Å²) in [6, 6.07) is 3.98. The van der Waals surface area contributed by atoms with Gasteiger partial charge >= 0.3 is 0 Å². The number of aryl methyl sites for hydroxylation is 2. The summed E-state index contributed by atoms with van der Waals surface area (Å²) in [7, 11) is 1.66. The Bertz CT molecular complexity index is 368. The Morgan fingerprint density at radius 3 is 2.38 bits per heavy atom. The van der Waals surface area contributed by atoms with Crippen molar-refractivity contribution < 1.29 is 9.53 Å². The van der Waals surface area contributed by atoms with E-state index in [1.54, 1.807) is 14.0 Å². The number of hydrogen-bond acceptors (Lipinski definition) is 4. The van der Waals surface area contributed by atoms with Crippen LogP contribution in [0.1, 0.15) is 18.1 Å². The molecular weight excluding hydrogens is 222 g/mol. The lowest BCUT2D eigenvalue weighted by molar-refractivity contribution is -0.115. The molecule has 0 fully saturated rings.